The summed E-state index contributed by atoms with van der Waals surface area (Å²) in [6, 6.07) is 13.8. The topological polar surface area (TPSA) is 50.4 Å². The van der Waals surface area contributed by atoms with E-state index in [2.05, 4.69) is 24.5 Å². The van der Waals surface area contributed by atoms with Crippen LogP contribution in [0.15, 0.2) is 48.5 Å². The van der Waals surface area contributed by atoms with E-state index in [1.54, 1.807) is 12.1 Å². The van der Waals surface area contributed by atoms with Crippen LogP contribution in [0.3, 0.4) is 0 Å². The maximum absolute atomic E-state index is 13.8. The van der Waals surface area contributed by atoms with Crippen LogP contribution in [0.4, 0.5) is 9.18 Å². The third-order valence-corrected chi connectivity index (χ3v) is 4.14. The van der Waals surface area contributed by atoms with Crippen molar-refractivity contribution in [3.63, 3.8) is 0 Å². The minimum Gasteiger partial charge on any atom is -0.494 e. The zero-order chi connectivity index (χ0) is 18.4. The van der Waals surface area contributed by atoms with Crippen LogP contribution in [0.25, 0.3) is 0 Å². The van der Waals surface area contributed by atoms with Crippen molar-refractivity contribution in [2.75, 3.05) is 7.11 Å². The van der Waals surface area contributed by atoms with Crippen molar-refractivity contribution in [2.24, 2.45) is 5.92 Å². The van der Waals surface area contributed by atoms with Crippen molar-refractivity contribution in [1.82, 2.24) is 10.6 Å². The second kappa shape index (κ2) is 8.51. The summed E-state index contributed by atoms with van der Waals surface area (Å²) in [5.41, 5.74) is 1.73. The zero-order valence-corrected chi connectivity index (χ0v) is 15.0. The number of urea groups is 1. The molecule has 0 radical (unpaired) electrons. The van der Waals surface area contributed by atoms with Gasteiger partial charge in [0.15, 0.2) is 11.6 Å². The summed E-state index contributed by atoms with van der Waals surface area (Å²) < 4.78 is 18.7. The number of methoxy groups -OCH3 is 1. The average molecular weight is 344 g/mol. The lowest BCUT2D eigenvalue weighted by Crippen LogP contribution is -2.40. The molecular weight excluding hydrogens is 319 g/mol. The molecule has 2 amide bonds. The molecule has 2 aromatic rings. The first-order chi connectivity index (χ1) is 11.9. The van der Waals surface area contributed by atoms with Crippen molar-refractivity contribution in [3.8, 4) is 5.75 Å². The van der Waals surface area contributed by atoms with Gasteiger partial charge in [-0.15, -0.1) is 0 Å². The number of rotatable bonds is 6. The van der Waals surface area contributed by atoms with Gasteiger partial charge < -0.3 is 15.4 Å². The minimum absolute atomic E-state index is 0.0963. The van der Waals surface area contributed by atoms with Gasteiger partial charge in [0.1, 0.15) is 0 Å². The van der Waals surface area contributed by atoms with Crippen molar-refractivity contribution < 1.29 is 13.9 Å². The van der Waals surface area contributed by atoms with E-state index in [9.17, 15) is 9.18 Å². The maximum Gasteiger partial charge on any atom is 0.315 e. The van der Waals surface area contributed by atoms with E-state index in [0.29, 0.717) is 5.56 Å². The molecule has 0 fully saturated rings. The largest absolute Gasteiger partial charge is 0.494 e. The number of ether oxygens (including phenoxy) is 1. The Morgan fingerprint density at radius 3 is 2.24 bits per heavy atom. The van der Waals surface area contributed by atoms with Crippen LogP contribution in [0.1, 0.15) is 44.0 Å². The Morgan fingerprint density at radius 2 is 1.68 bits per heavy atom. The van der Waals surface area contributed by atoms with Crippen molar-refractivity contribution in [2.45, 2.75) is 32.9 Å². The van der Waals surface area contributed by atoms with E-state index in [0.717, 1.165) is 5.56 Å². The lowest BCUT2D eigenvalue weighted by Gasteiger charge is -2.24. The number of amides is 2. The molecule has 2 aromatic carbocycles. The van der Waals surface area contributed by atoms with E-state index >= 15 is 0 Å². The Balaban J connectivity index is 2.04. The number of carbonyl (C=O) groups is 1. The lowest BCUT2D eigenvalue weighted by atomic mass is 9.96. The minimum atomic E-state index is -0.446. The molecule has 0 aliphatic heterocycles. The Kier molecular flexibility index (Phi) is 6.39. The summed E-state index contributed by atoms with van der Waals surface area (Å²) in [5.74, 6) is -0.0235. The van der Waals surface area contributed by atoms with Gasteiger partial charge in [-0.05, 0) is 36.1 Å². The van der Waals surface area contributed by atoms with Gasteiger partial charge in [-0.2, -0.15) is 0 Å². The molecule has 25 heavy (non-hydrogen) atoms. The SMILES string of the molecule is COc1ccc([C@@H](C)NC(=O)N[C@H](c2ccccc2)C(C)C)cc1F. The highest BCUT2D eigenvalue weighted by atomic mass is 19.1. The third-order valence-electron chi connectivity index (χ3n) is 4.14. The first-order valence-corrected chi connectivity index (χ1v) is 8.37. The van der Waals surface area contributed by atoms with Crippen molar-refractivity contribution in [3.05, 3.63) is 65.5 Å². The van der Waals surface area contributed by atoms with Crippen molar-refractivity contribution >= 4 is 6.03 Å². The standard InChI is InChI=1S/C20H25FN2O2/c1-13(2)19(15-8-6-5-7-9-15)23-20(24)22-14(3)16-10-11-18(25-4)17(21)12-16/h5-14,19H,1-4H3,(H2,22,23,24)/t14-,19+/m1/s1. The molecule has 134 valence electrons. The Hall–Kier alpha value is -2.56. The number of benzene rings is 2. The molecule has 2 atom stereocenters. The number of nitrogens with one attached hydrogen (secondary N) is 2. The molecule has 2 rings (SSSR count). The van der Waals surface area contributed by atoms with Crippen LogP contribution < -0.4 is 15.4 Å². The fourth-order valence-corrected chi connectivity index (χ4v) is 2.71. The molecule has 4 nitrogen and oxygen atoms in total. The fraction of sp³-hybridized carbons (Fsp3) is 0.350. The number of halogens is 1. The highest BCUT2D eigenvalue weighted by Crippen LogP contribution is 2.23. The molecule has 0 aliphatic carbocycles. The predicted molar refractivity (Wildman–Crippen MR) is 97.1 cm³/mol. The Bertz CT molecular complexity index is 704. The normalized spacial score (nSPS) is 13.2. The van der Waals surface area contributed by atoms with Gasteiger partial charge in [0.05, 0.1) is 19.2 Å². The van der Waals surface area contributed by atoms with E-state index in [4.69, 9.17) is 4.74 Å². The molecule has 0 heterocycles. The lowest BCUT2D eigenvalue weighted by molar-refractivity contribution is 0.230. The van der Waals surface area contributed by atoms with Crippen LogP contribution in [-0.4, -0.2) is 13.1 Å². The third kappa shape index (κ3) is 4.95. The van der Waals surface area contributed by atoms with E-state index in [-0.39, 0.29) is 29.8 Å². The van der Waals surface area contributed by atoms with Gasteiger partial charge >= 0.3 is 6.03 Å². The van der Waals surface area contributed by atoms with Gasteiger partial charge in [-0.25, -0.2) is 9.18 Å². The number of hydrogen-bond acceptors (Lipinski definition) is 2. The van der Waals surface area contributed by atoms with Crippen LogP contribution in [0.2, 0.25) is 0 Å². The van der Waals surface area contributed by atoms with E-state index < -0.39 is 5.82 Å². The van der Waals surface area contributed by atoms with Gasteiger partial charge in [0.25, 0.3) is 0 Å². The summed E-state index contributed by atoms with van der Waals surface area (Å²) >= 11 is 0. The van der Waals surface area contributed by atoms with Crippen molar-refractivity contribution in [1.29, 1.82) is 0 Å². The second-order valence-electron chi connectivity index (χ2n) is 6.37. The first-order valence-electron chi connectivity index (χ1n) is 8.37. The second-order valence-corrected chi connectivity index (χ2v) is 6.37. The first kappa shape index (κ1) is 18.8. The summed E-state index contributed by atoms with van der Waals surface area (Å²) in [7, 11) is 1.42. The Labute approximate surface area is 148 Å². The monoisotopic (exact) mass is 344 g/mol. The van der Waals surface area contributed by atoms with Gasteiger partial charge in [-0.1, -0.05) is 50.2 Å². The molecule has 5 heteroatoms. The molecular formula is C20H25FN2O2. The summed E-state index contributed by atoms with van der Waals surface area (Å²) in [4.78, 5) is 12.4. The van der Waals surface area contributed by atoms with E-state index in [1.165, 1.54) is 13.2 Å². The van der Waals surface area contributed by atoms with Crippen LogP contribution >= 0.6 is 0 Å². The molecule has 0 saturated heterocycles. The van der Waals surface area contributed by atoms with Crippen LogP contribution in [0, 0.1) is 11.7 Å². The quantitative estimate of drug-likeness (QED) is 0.805. The summed E-state index contributed by atoms with van der Waals surface area (Å²) in [6.45, 7) is 5.92. The van der Waals surface area contributed by atoms with Gasteiger partial charge in [-0.3, -0.25) is 0 Å². The van der Waals surface area contributed by atoms with Crippen LogP contribution in [-0.2, 0) is 0 Å². The molecule has 0 unspecified atom stereocenters. The maximum atomic E-state index is 13.8. The number of carbonyl (C=O) groups excluding carboxylic acids is 1. The predicted octanol–water partition coefficient (Wildman–Crippen LogP) is 4.59. The molecule has 0 spiro atoms. The Morgan fingerprint density at radius 1 is 1.00 bits per heavy atom. The highest BCUT2D eigenvalue weighted by molar-refractivity contribution is 5.75. The average Bonchev–Trinajstić information content (AvgIpc) is 2.60. The number of hydrogen-bond donors (Lipinski definition) is 2. The van der Waals surface area contributed by atoms with Gasteiger partial charge in [0, 0.05) is 0 Å². The highest BCUT2D eigenvalue weighted by Gasteiger charge is 2.19. The zero-order valence-electron chi connectivity index (χ0n) is 15.0. The van der Waals surface area contributed by atoms with Gasteiger partial charge in [0.2, 0.25) is 0 Å². The smallest absolute Gasteiger partial charge is 0.315 e. The van der Waals surface area contributed by atoms with Crippen LogP contribution in [0.5, 0.6) is 5.75 Å². The summed E-state index contributed by atoms with van der Waals surface area (Å²) in [6.07, 6.45) is 0. The molecule has 0 saturated carbocycles. The molecule has 0 bridgehead atoms. The molecule has 2 N–H and O–H groups in total. The van der Waals surface area contributed by atoms with E-state index in [1.807, 2.05) is 37.3 Å². The molecule has 0 aromatic heterocycles. The molecule has 0 aliphatic rings. The summed E-state index contributed by atoms with van der Waals surface area (Å²) in [5, 5.41) is 5.86. The fourth-order valence-electron chi connectivity index (χ4n) is 2.71.